The zero-order chi connectivity index (χ0) is 24.4. The molecule has 2 saturated heterocycles. The van der Waals surface area contributed by atoms with Crippen molar-refractivity contribution < 1.29 is 9.53 Å². The number of hydrogen-bond donors (Lipinski definition) is 1. The minimum atomic E-state index is -0.412. The van der Waals surface area contributed by atoms with E-state index in [1.54, 1.807) is 31.0 Å². The summed E-state index contributed by atoms with van der Waals surface area (Å²) < 4.78 is 7.53. The number of amides is 1. The van der Waals surface area contributed by atoms with Crippen molar-refractivity contribution in [1.82, 2.24) is 9.47 Å². The summed E-state index contributed by atoms with van der Waals surface area (Å²) in [6.45, 7) is 3.19. The van der Waals surface area contributed by atoms with Crippen molar-refractivity contribution in [3.05, 3.63) is 66.8 Å². The number of aromatic nitrogens is 1. The maximum Gasteiger partial charge on any atom is 0.270 e. The molecule has 0 spiro atoms. The van der Waals surface area contributed by atoms with Crippen LogP contribution in [-0.2, 0) is 23.1 Å². The van der Waals surface area contributed by atoms with Crippen LogP contribution in [0.15, 0.2) is 34.0 Å². The van der Waals surface area contributed by atoms with Crippen molar-refractivity contribution in [2.24, 2.45) is 7.05 Å². The molecule has 2 aliphatic rings. The maximum atomic E-state index is 13.2. The monoisotopic (exact) mass is 514 g/mol. The molecule has 2 aromatic rings. The number of hydrogen-bond acceptors (Lipinski definition) is 7. The Morgan fingerprint density at radius 2 is 2.15 bits per heavy atom. The number of halogens is 1. The molecule has 4 rings (SSSR count). The number of carbonyl (C=O) groups excluding carboxylic acids is 1. The zero-order valence-corrected chi connectivity index (χ0v) is 21.1. The second kappa shape index (κ2) is 10.3. The number of pyridine rings is 1. The van der Waals surface area contributed by atoms with Crippen LogP contribution >= 0.6 is 35.6 Å². The highest BCUT2D eigenvalue weighted by Gasteiger charge is 2.35. The van der Waals surface area contributed by atoms with Gasteiger partial charge in [0.1, 0.15) is 21.8 Å². The number of rotatable bonds is 6. The minimum Gasteiger partial charge on any atom is -0.376 e. The number of thioether (sulfide) groups is 1. The van der Waals surface area contributed by atoms with E-state index in [-0.39, 0.29) is 17.6 Å². The molecule has 1 aromatic carbocycles. The Morgan fingerprint density at radius 3 is 2.82 bits per heavy atom. The summed E-state index contributed by atoms with van der Waals surface area (Å²) in [7, 11) is 1.59. The average molecular weight is 515 g/mol. The molecule has 2 aliphatic heterocycles. The summed E-state index contributed by atoms with van der Waals surface area (Å²) in [5.41, 5.74) is 1.56. The van der Waals surface area contributed by atoms with Gasteiger partial charge in [-0.05, 0) is 43.0 Å². The summed E-state index contributed by atoms with van der Waals surface area (Å²) in [5.74, 6) is 0.292. The molecule has 1 N–H and O–H groups in total. The Kier molecular flexibility index (Phi) is 7.43. The summed E-state index contributed by atoms with van der Waals surface area (Å²) in [6, 6.07) is 9.41. The van der Waals surface area contributed by atoms with Crippen LogP contribution in [0.5, 0.6) is 0 Å². The van der Waals surface area contributed by atoms with E-state index in [9.17, 15) is 14.9 Å². The highest BCUT2D eigenvalue weighted by Crippen LogP contribution is 2.35. The second-order valence-electron chi connectivity index (χ2n) is 8.11. The molecule has 34 heavy (non-hydrogen) atoms. The highest BCUT2D eigenvalue weighted by atomic mass is 35.5. The Balaban J connectivity index is 1.72. The molecule has 0 aliphatic carbocycles. The third kappa shape index (κ3) is 4.77. The SMILES string of the molecule is Cc1c(/C=C2/SC(=S)N(CC3CCCO3)C2=O)c(NCc2ccccc2Cl)n(C)c(=O)c1C#N. The maximum absolute atomic E-state index is 13.2. The minimum absolute atomic E-state index is 0.0147. The molecule has 10 heteroatoms. The van der Waals surface area contributed by atoms with Gasteiger partial charge >= 0.3 is 0 Å². The molecule has 1 atom stereocenters. The van der Waals surface area contributed by atoms with Gasteiger partial charge in [-0.15, -0.1) is 0 Å². The smallest absolute Gasteiger partial charge is 0.270 e. The predicted molar refractivity (Wildman–Crippen MR) is 139 cm³/mol. The lowest BCUT2D eigenvalue weighted by Gasteiger charge is -2.19. The van der Waals surface area contributed by atoms with Gasteiger partial charge in [-0.1, -0.05) is 53.8 Å². The first kappa shape index (κ1) is 24.5. The van der Waals surface area contributed by atoms with Crippen molar-refractivity contribution in [2.75, 3.05) is 18.5 Å². The van der Waals surface area contributed by atoms with Gasteiger partial charge in [0.05, 0.1) is 17.6 Å². The first-order chi connectivity index (χ1) is 16.3. The highest BCUT2D eigenvalue weighted by molar-refractivity contribution is 8.26. The van der Waals surface area contributed by atoms with Gasteiger partial charge in [0.2, 0.25) is 0 Å². The fourth-order valence-electron chi connectivity index (χ4n) is 4.05. The van der Waals surface area contributed by atoms with Crippen LogP contribution in [-0.4, -0.2) is 39.0 Å². The largest absolute Gasteiger partial charge is 0.376 e. The number of nitrogens with zero attached hydrogens (tertiary/aromatic N) is 3. The summed E-state index contributed by atoms with van der Waals surface area (Å²) in [4.78, 5) is 28.0. The fourth-order valence-corrected chi connectivity index (χ4v) is 5.51. The number of nitriles is 1. The number of anilines is 1. The molecule has 0 bridgehead atoms. The first-order valence-corrected chi connectivity index (χ1v) is 12.4. The van der Waals surface area contributed by atoms with E-state index >= 15 is 0 Å². The van der Waals surface area contributed by atoms with Gasteiger partial charge in [0.25, 0.3) is 11.5 Å². The van der Waals surface area contributed by atoms with Crippen LogP contribution < -0.4 is 10.9 Å². The lowest BCUT2D eigenvalue weighted by Crippen LogP contribution is -2.35. The Morgan fingerprint density at radius 1 is 1.38 bits per heavy atom. The van der Waals surface area contributed by atoms with Crippen molar-refractivity contribution in [3.63, 3.8) is 0 Å². The number of carbonyl (C=O) groups is 1. The number of ether oxygens (including phenoxy) is 1. The third-order valence-corrected chi connectivity index (χ3v) is 7.71. The van der Waals surface area contributed by atoms with Crippen LogP contribution in [0.4, 0.5) is 5.82 Å². The quantitative estimate of drug-likeness (QED) is 0.456. The predicted octanol–water partition coefficient (Wildman–Crippen LogP) is 4.21. The zero-order valence-electron chi connectivity index (χ0n) is 18.8. The van der Waals surface area contributed by atoms with E-state index in [2.05, 4.69) is 5.32 Å². The number of benzene rings is 1. The average Bonchev–Trinajstić information content (AvgIpc) is 3.42. The van der Waals surface area contributed by atoms with Gasteiger partial charge < -0.3 is 10.1 Å². The van der Waals surface area contributed by atoms with E-state index in [0.29, 0.717) is 50.9 Å². The summed E-state index contributed by atoms with van der Waals surface area (Å²) in [6.07, 6.45) is 3.57. The van der Waals surface area contributed by atoms with E-state index in [1.807, 2.05) is 24.3 Å². The molecule has 1 aromatic heterocycles. The number of thiocarbonyl (C=S) groups is 1. The van der Waals surface area contributed by atoms with Crippen molar-refractivity contribution in [1.29, 1.82) is 5.26 Å². The Hall–Kier alpha value is -2.64. The van der Waals surface area contributed by atoms with Crippen LogP contribution in [0.25, 0.3) is 6.08 Å². The lowest BCUT2D eigenvalue weighted by molar-refractivity contribution is -0.123. The van der Waals surface area contributed by atoms with E-state index in [4.69, 9.17) is 28.6 Å². The molecule has 1 amide bonds. The van der Waals surface area contributed by atoms with E-state index < -0.39 is 5.56 Å². The topological polar surface area (TPSA) is 87.4 Å². The molecule has 0 radical (unpaired) electrons. The van der Waals surface area contributed by atoms with Gasteiger partial charge in [-0.2, -0.15) is 5.26 Å². The van der Waals surface area contributed by atoms with Crippen molar-refractivity contribution in [2.45, 2.75) is 32.4 Å². The number of nitrogens with one attached hydrogen (secondary N) is 1. The van der Waals surface area contributed by atoms with E-state index in [0.717, 1.165) is 18.4 Å². The summed E-state index contributed by atoms with van der Waals surface area (Å²) >= 11 is 13.0. The first-order valence-electron chi connectivity index (χ1n) is 10.8. The molecule has 1 unspecified atom stereocenters. The molecular weight excluding hydrogens is 492 g/mol. The molecule has 176 valence electrons. The molecule has 3 heterocycles. The van der Waals surface area contributed by atoms with E-state index in [1.165, 1.54) is 16.3 Å². The molecule has 2 fully saturated rings. The lowest BCUT2D eigenvalue weighted by atomic mass is 10.0. The summed E-state index contributed by atoms with van der Waals surface area (Å²) in [5, 5.41) is 13.5. The third-order valence-electron chi connectivity index (χ3n) is 5.96. The standard InChI is InChI=1S/C24H23ClN4O3S2/c1-14-17(10-20-23(31)29(24(33)34-20)13-16-7-5-9-32-16)21(28(2)22(30)18(14)11-26)27-12-15-6-3-4-8-19(15)25/h3-4,6,8,10,16,27H,5,7,9,12-13H2,1-2H3/b20-10+. The van der Waals surface area contributed by atoms with Gasteiger partial charge in [0, 0.05) is 30.8 Å². The van der Waals surface area contributed by atoms with Crippen molar-refractivity contribution in [3.8, 4) is 6.07 Å². The van der Waals surface area contributed by atoms with Crippen molar-refractivity contribution >= 4 is 57.7 Å². The molecule has 7 nitrogen and oxygen atoms in total. The fraction of sp³-hybridized carbons (Fsp3) is 0.333. The van der Waals surface area contributed by atoms with Crippen LogP contribution in [0, 0.1) is 18.3 Å². The van der Waals surface area contributed by atoms with Gasteiger partial charge in [0.15, 0.2) is 0 Å². The van der Waals surface area contributed by atoms with Gasteiger partial charge in [-0.3, -0.25) is 19.1 Å². The second-order valence-corrected chi connectivity index (χ2v) is 10.2. The Bertz CT molecular complexity index is 1290. The van der Waals surface area contributed by atoms with Gasteiger partial charge in [-0.25, -0.2) is 0 Å². The van der Waals surface area contributed by atoms with Crippen LogP contribution in [0.3, 0.4) is 0 Å². The van der Waals surface area contributed by atoms with Crippen LogP contribution in [0.1, 0.15) is 35.1 Å². The Labute approximate surface area is 212 Å². The van der Waals surface area contributed by atoms with Crippen LogP contribution in [0.2, 0.25) is 5.02 Å². The normalized spacial score (nSPS) is 19.2. The molecular formula is C24H23ClN4O3S2. The molecule has 0 saturated carbocycles.